The third-order valence-corrected chi connectivity index (χ3v) is 3.76. The van der Waals surface area contributed by atoms with Crippen molar-refractivity contribution in [1.29, 1.82) is 0 Å². The maximum atomic E-state index is 13.3. The third-order valence-electron chi connectivity index (χ3n) is 3.76. The Morgan fingerprint density at radius 3 is 2.94 bits per heavy atom. The number of hydrogen-bond donors (Lipinski definition) is 1. The summed E-state index contributed by atoms with van der Waals surface area (Å²) in [5.41, 5.74) is 1.69. The predicted octanol–water partition coefficient (Wildman–Crippen LogP) is 3.51. The van der Waals surface area contributed by atoms with Crippen molar-refractivity contribution in [2.45, 2.75) is 39.2 Å². The van der Waals surface area contributed by atoms with Gasteiger partial charge in [-0.3, -0.25) is 0 Å². The fraction of sp³-hybridized carbons (Fsp3) is 0.600. The Morgan fingerprint density at radius 1 is 1.50 bits per heavy atom. The second kappa shape index (κ2) is 5.70. The van der Waals surface area contributed by atoms with Gasteiger partial charge in [0.2, 0.25) is 0 Å². The first-order valence-corrected chi connectivity index (χ1v) is 6.84. The molecular weight excluding hydrogens is 229 g/mol. The maximum absolute atomic E-state index is 13.3. The van der Waals surface area contributed by atoms with Crippen molar-refractivity contribution in [3.8, 4) is 0 Å². The van der Waals surface area contributed by atoms with Crippen molar-refractivity contribution in [2.75, 3.05) is 18.0 Å². The molecule has 1 aliphatic heterocycles. The number of aliphatic hydroxyl groups is 1. The van der Waals surface area contributed by atoms with E-state index in [4.69, 9.17) is 0 Å². The molecule has 0 aliphatic carbocycles. The third kappa shape index (κ3) is 2.83. The molecule has 1 N–H and O–H groups in total. The van der Waals surface area contributed by atoms with Gasteiger partial charge in [-0.05, 0) is 43.9 Å². The highest BCUT2D eigenvalue weighted by Gasteiger charge is 2.24. The van der Waals surface area contributed by atoms with E-state index >= 15 is 0 Å². The number of rotatable bonds is 4. The molecular formula is C15H22FNO. The summed E-state index contributed by atoms with van der Waals surface area (Å²) in [7, 11) is 0. The maximum Gasteiger partial charge on any atom is 0.123 e. The lowest BCUT2D eigenvalue weighted by Gasteiger charge is -2.23. The Bertz CT molecular complexity index is 405. The summed E-state index contributed by atoms with van der Waals surface area (Å²) in [6.07, 6.45) is 3.04. The molecule has 1 fully saturated rings. The molecule has 100 valence electrons. The van der Waals surface area contributed by atoms with E-state index < -0.39 is 6.10 Å². The molecule has 1 aliphatic rings. The van der Waals surface area contributed by atoms with Crippen LogP contribution in [-0.4, -0.2) is 18.2 Å². The minimum absolute atomic E-state index is 0.279. The summed E-state index contributed by atoms with van der Waals surface area (Å²) in [6.45, 7) is 5.94. The van der Waals surface area contributed by atoms with Gasteiger partial charge < -0.3 is 10.0 Å². The lowest BCUT2D eigenvalue weighted by atomic mass is 10.0. The Morgan fingerprint density at radius 2 is 2.28 bits per heavy atom. The van der Waals surface area contributed by atoms with Crippen LogP contribution in [0.1, 0.15) is 44.8 Å². The zero-order valence-electron chi connectivity index (χ0n) is 11.2. The van der Waals surface area contributed by atoms with Gasteiger partial charge in [-0.1, -0.05) is 13.3 Å². The van der Waals surface area contributed by atoms with Crippen molar-refractivity contribution in [1.82, 2.24) is 0 Å². The fourth-order valence-electron chi connectivity index (χ4n) is 2.84. The van der Waals surface area contributed by atoms with Crippen molar-refractivity contribution in [3.05, 3.63) is 29.6 Å². The SMILES string of the molecule is CCCC1CCN(c2ccc(F)cc2[C@H](C)O)C1. The minimum atomic E-state index is -0.624. The molecule has 0 saturated carbocycles. The minimum Gasteiger partial charge on any atom is -0.389 e. The van der Waals surface area contributed by atoms with Crippen molar-refractivity contribution >= 4 is 5.69 Å². The summed E-state index contributed by atoms with van der Waals surface area (Å²) >= 11 is 0. The number of anilines is 1. The van der Waals surface area contributed by atoms with Gasteiger partial charge in [-0.25, -0.2) is 4.39 Å². The van der Waals surface area contributed by atoms with E-state index in [1.165, 1.54) is 31.4 Å². The van der Waals surface area contributed by atoms with Gasteiger partial charge in [-0.2, -0.15) is 0 Å². The molecule has 1 saturated heterocycles. The molecule has 2 nitrogen and oxygen atoms in total. The first-order chi connectivity index (χ1) is 8.61. The molecule has 1 heterocycles. The Kier molecular flexibility index (Phi) is 4.23. The van der Waals surface area contributed by atoms with Gasteiger partial charge in [-0.15, -0.1) is 0 Å². The van der Waals surface area contributed by atoms with E-state index in [9.17, 15) is 9.50 Å². The zero-order chi connectivity index (χ0) is 13.1. The average molecular weight is 251 g/mol. The summed E-state index contributed by atoms with van der Waals surface area (Å²) in [4.78, 5) is 2.28. The molecule has 18 heavy (non-hydrogen) atoms. The van der Waals surface area contributed by atoms with E-state index in [0.717, 1.165) is 24.7 Å². The fourth-order valence-corrected chi connectivity index (χ4v) is 2.84. The number of nitrogens with zero attached hydrogens (tertiary/aromatic N) is 1. The number of benzene rings is 1. The van der Waals surface area contributed by atoms with Crippen LogP contribution in [0.5, 0.6) is 0 Å². The van der Waals surface area contributed by atoms with Gasteiger partial charge in [0.25, 0.3) is 0 Å². The Balaban J connectivity index is 2.18. The van der Waals surface area contributed by atoms with Gasteiger partial charge in [0.05, 0.1) is 6.10 Å². The van der Waals surface area contributed by atoms with Gasteiger partial charge >= 0.3 is 0 Å². The first-order valence-electron chi connectivity index (χ1n) is 6.84. The number of hydrogen-bond acceptors (Lipinski definition) is 2. The average Bonchev–Trinajstić information content (AvgIpc) is 2.78. The van der Waals surface area contributed by atoms with E-state index in [0.29, 0.717) is 5.56 Å². The van der Waals surface area contributed by atoms with Gasteiger partial charge in [0.1, 0.15) is 5.82 Å². The van der Waals surface area contributed by atoms with Crippen LogP contribution in [0.4, 0.5) is 10.1 Å². The molecule has 0 radical (unpaired) electrons. The highest BCUT2D eigenvalue weighted by atomic mass is 19.1. The lowest BCUT2D eigenvalue weighted by Crippen LogP contribution is -2.21. The normalized spacial score (nSPS) is 21.3. The van der Waals surface area contributed by atoms with E-state index in [2.05, 4.69) is 11.8 Å². The van der Waals surface area contributed by atoms with Crippen LogP contribution < -0.4 is 4.90 Å². The van der Waals surface area contributed by atoms with E-state index in [-0.39, 0.29) is 5.82 Å². The molecule has 2 rings (SSSR count). The van der Waals surface area contributed by atoms with Gasteiger partial charge in [0.15, 0.2) is 0 Å². The Labute approximate surface area is 108 Å². The quantitative estimate of drug-likeness (QED) is 0.885. The van der Waals surface area contributed by atoms with Crippen LogP contribution in [-0.2, 0) is 0 Å². The second-order valence-corrected chi connectivity index (χ2v) is 5.27. The van der Waals surface area contributed by atoms with Crippen LogP contribution in [0.3, 0.4) is 0 Å². The van der Waals surface area contributed by atoms with E-state index in [1.807, 2.05) is 0 Å². The molecule has 0 aromatic heterocycles. The predicted molar refractivity (Wildman–Crippen MR) is 72.3 cm³/mol. The molecule has 2 atom stereocenters. The van der Waals surface area contributed by atoms with Crippen LogP contribution in [0, 0.1) is 11.7 Å². The first kappa shape index (κ1) is 13.3. The molecule has 1 aromatic carbocycles. The molecule has 3 heteroatoms. The molecule has 0 spiro atoms. The van der Waals surface area contributed by atoms with Crippen molar-refractivity contribution in [3.63, 3.8) is 0 Å². The zero-order valence-corrected chi connectivity index (χ0v) is 11.2. The van der Waals surface area contributed by atoms with Crippen molar-refractivity contribution in [2.24, 2.45) is 5.92 Å². The van der Waals surface area contributed by atoms with Crippen LogP contribution in [0.25, 0.3) is 0 Å². The summed E-state index contributed by atoms with van der Waals surface area (Å²) in [5, 5.41) is 9.77. The van der Waals surface area contributed by atoms with Crippen LogP contribution in [0.2, 0.25) is 0 Å². The standard InChI is InChI=1S/C15H22FNO/c1-3-4-12-7-8-17(10-12)15-6-5-13(16)9-14(15)11(2)18/h5-6,9,11-12,18H,3-4,7-8,10H2,1-2H3/t11-,12?/m0/s1. The van der Waals surface area contributed by atoms with Gasteiger partial charge in [0, 0.05) is 24.3 Å². The highest BCUT2D eigenvalue weighted by Crippen LogP contribution is 2.32. The Hall–Kier alpha value is -1.09. The van der Waals surface area contributed by atoms with Crippen LogP contribution in [0.15, 0.2) is 18.2 Å². The monoisotopic (exact) mass is 251 g/mol. The number of halogens is 1. The second-order valence-electron chi connectivity index (χ2n) is 5.27. The number of aliphatic hydroxyl groups excluding tert-OH is 1. The molecule has 0 bridgehead atoms. The topological polar surface area (TPSA) is 23.5 Å². The van der Waals surface area contributed by atoms with Crippen molar-refractivity contribution < 1.29 is 9.50 Å². The van der Waals surface area contributed by atoms with Crippen LogP contribution >= 0.6 is 0 Å². The lowest BCUT2D eigenvalue weighted by molar-refractivity contribution is 0.199. The molecule has 1 aromatic rings. The summed E-state index contributed by atoms with van der Waals surface area (Å²) in [5.74, 6) is 0.459. The van der Waals surface area contributed by atoms with E-state index in [1.54, 1.807) is 13.0 Å². The summed E-state index contributed by atoms with van der Waals surface area (Å²) in [6, 6.07) is 4.73. The largest absolute Gasteiger partial charge is 0.389 e. The molecule has 0 amide bonds. The molecule has 1 unspecified atom stereocenters. The smallest absolute Gasteiger partial charge is 0.123 e. The summed E-state index contributed by atoms with van der Waals surface area (Å²) < 4.78 is 13.3. The highest BCUT2D eigenvalue weighted by molar-refractivity contribution is 5.55.